The minimum Gasteiger partial charge on any atom is -0.383 e. The van der Waals surface area contributed by atoms with Gasteiger partial charge in [-0.2, -0.15) is 0 Å². The van der Waals surface area contributed by atoms with Crippen molar-refractivity contribution < 1.29 is 9.13 Å². The Labute approximate surface area is 95.8 Å². The van der Waals surface area contributed by atoms with E-state index >= 15 is 0 Å². The molecule has 1 N–H and O–H groups in total. The summed E-state index contributed by atoms with van der Waals surface area (Å²) in [6.07, 6.45) is 5.48. The molecule has 0 heterocycles. The third-order valence-electron chi connectivity index (χ3n) is 2.93. The minimum absolute atomic E-state index is 0.201. The van der Waals surface area contributed by atoms with Crippen molar-refractivity contribution in [3.05, 3.63) is 30.1 Å². The van der Waals surface area contributed by atoms with E-state index in [9.17, 15) is 4.39 Å². The highest BCUT2D eigenvalue weighted by molar-refractivity contribution is 5.42. The fourth-order valence-electron chi connectivity index (χ4n) is 2.04. The van der Waals surface area contributed by atoms with Crippen molar-refractivity contribution in [2.75, 3.05) is 18.5 Å². The van der Waals surface area contributed by atoms with Gasteiger partial charge in [0.2, 0.25) is 0 Å². The highest BCUT2D eigenvalue weighted by Crippen LogP contribution is 2.20. The molecule has 1 aliphatic rings. The molecule has 0 aliphatic heterocycles. The summed E-state index contributed by atoms with van der Waals surface area (Å²) in [5, 5.41) is 3.20. The molecule has 88 valence electrons. The van der Waals surface area contributed by atoms with Crippen LogP contribution in [0.2, 0.25) is 0 Å². The maximum Gasteiger partial charge on any atom is 0.123 e. The Balaban J connectivity index is 1.62. The first-order valence-electron chi connectivity index (χ1n) is 5.95. The van der Waals surface area contributed by atoms with E-state index in [4.69, 9.17) is 4.74 Å². The van der Waals surface area contributed by atoms with Crippen LogP contribution in [0.4, 0.5) is 10.1 Å². The quantitative estimate of drug-likeness (QED) is 0.774. The molecule has 0 atom stereocenters. The van der Waals surface area contributed by atoms with Gasteiger partial charge in [0, 0.05) is 12.2 Å². The Hall–Kier alpha value is -1.09. The van der Waals surface area contributed by atoms with Gasteiger partial charge < -0.3 is 10.1 Å². The molecule has 0 aromatic heterocycles. The second-order valence-electron chi connectivity index (χ2n) is 4.21. The van der Waals surface area contributed by atoms with Crippen LogP contribution in [0.5, 0.6) is 0 Å². The molecule has 1 aromatic rings. The predicted octanol–water partition coefficient (Wildman–Crippen LogP) is 3.20. The first-order valence-corrected chi connectivity index (χ1v) is 5.95. The van der Waals surface area contributed by atoms with E-state index in [1.807, 2.05) is 0 Å². The smallest absolute Gasteiger partial charge is 0.123 e. The van der Waals surface area contributed by atoms with E-state index in [-0.39, 0.29) is 5.82 Å². The van der Waals surface area contributed by atoms with Gasteiger partial charge in [-0.15, -0.1) is 0 Å². The first kappa shape index (κ1) is 11.4. The maximum atomic E-state index is 12.6. The molecule has 0 amide bonds. The summed E-state index contributed by atoms with van der Waals surface area (Å²) >= 11 is 0. The Morgan fingerprint density at radius 1 is 1.19 bits per heavy atom. The highest BCUT2D eigenvalue weighted by Gasteiger charge is 2.14. The Morgan fingerprint density at radius 2 is 1.88 bits per heavy atom. The topological polar surface area (TPSA) is 21.3 Å². The summed E-state index contributed by atoms with van der Waals surface area (Å²) in [5.74, 6) is -0.201. The zero-order valence-electron chi connectivity index (χ0n) is 9.42. The van der Waals surface area contributed by atoms with Crippen molar-refractivity contribution >= 4 is 5.69 Å². The standard InChI is InChI=1S/C13H18FNO/c14-11-5-7-12(8-6-11)15-9-10-16-13-3-1-2-4-13/h5-8,13,15H,1-4,9-10H2. The molecule has 1 saturated carbocycles. The zero-order valence-corrected chi connectivity index (χ0v) is 9.42. The molecule has 2 nitrogen and oxygen atoms in total. The molecule has 0 unspecified atom stereocenters. The fraction of sp³-hybridized carbons (Fsp3) is 0.538. The molecular formula is C13H18FNO. The van der Waals surface area contributed by atoms with Gasteiger partial charge in [-0.25, -0.2) is 4.39 Å². The lowest BCUT2D eigenvalue weighted by molar-refractivity contribution is 0.0659. The van der Waals surface area contributed by atoms with E-state index in [0.29, 0.717) is 6.10 Å². The van der Waals surface area contributed by atoms with E-state index < -0.39 is 0 Å². The molecule has 0 bridgehead atoms. The number of benzene rings is 1. The average molecular weight is 223 g/mol. The number of nitrogens with one attached hydrogen (secondary N) is 1. The van der Waals surface area contributed by atoms with Gasteiger partial charge in [0.1, 0.15) is 5.82 Å². The van der Waals surface area contributed by atoms with Gasteiger partial charge in [-0.05, 0) is 37.1 Å². The summed E-state index contributed by atoms with van der Waals surface area (Å²) in [5.41, 5.74) is 0.941. The lowest BCUT2D eigenvalue weighted by Crippen LogP contribution is -2.15. The van der Waals surface area contributed by atoms with E-state index in [1.54, 1.807) is 12.1 Å². The minimum atomic E-state index is -0.201. The summed E-state index contributed by atoms with van der Waals surface area (Å²) in [6, 6.07) is 6.40. The molecule has 0 saturated heterocycles. The van der Waals surface area contributed by atoms with Crippen LogP contribution in [-0.4, -0.2) is 19.3 Å². The van der Waals surface area contributed by atoms with Crippen LogP contribution in [0.3, 0.4) is 0 Å². The molecule has 1 aliphatic carbocycles. The maximum absolute atomic E-state index is 12.6. The largest absolute Gasteiger partial charge is 0.383 e. The van der Waals surface area contributed by atoms with Gasteiger partial charge in [-0.1, -0.05) is 12.8 Å². The Bertz CT molecular complexity index is 306. The van der Waals surface area contributed by atoms with Crippen LogP contribution in [0, 0.1) is 5.82 Å². The SMILES string of the molecule is Fc1ccc(NCCOC2CCCC2)cc1. The van der Waals surface area contributed by atoms with Crippen LogP contribution in [-0.2, 0) is 4.74 Å². The summed E-state index contributed by atoms with van der Waals surface area (Å²) in [6.45, 7) is 1.50. The third-order valence-corrected chi connectivity index (χ3v) is 2.93. The fourth-order valence-corrected chi connectivity index (χ4v) is 2.04. The molecule has 1 aromatic carbocycles. The van der Waals surface area contributed by atoms with E-state index in [1.165, 1.54) is 37.8 Å². The van der Waals surface area contributed by atoms with E-state index in [0.717, 1.165) is 18.8 Å². The first-order chi connectivity index (χ1) is 7.84. The average Bonchev–Trinajstić information content (AvgIpc) is 2.80. The monoisotopic (exact) mass is 223 g/mol. The molecule has 16 heavy (non-hydrogen) atoms. The van der Waals surface area contributed by atoms with Crippen molar-refractivity contribution in [1.29, 1.82) is 0 Å². The predicted molar refractivity (Wildman–Crippen MR) is 63.1 cm³/mol. The van der Waals surface area contributed by atoms with Gasteiger partial charge in [-0.3, -0.25) is 0 Å². The van der Waals surface area contributed by atoms with Gasteiger partial charge in [0.15, 0.2) is 0 Å². The molecular weight excluding hydrogens is 205 g/mol. The van der Waals surface area contributed by atoms with Crippen LogP contribution >= 0.6 is 0 Å². The highest BCUT2D eigenvalue weighted by atomic mass is 19.1. The van der Waals surface area contributed by atoms with E-state index in [2.05, 4.69) is 5.32 Å². The molecule has 1 fully saturated rings. The number of hydrogen-bond acceptors (Lipinski definition) is 2. The lowest BCUT2D eigenvalue weighted by atomic mass is 10.3. The number of ether oxygens (including phenoxy) is 1. The Kier molecular flexibility index (Phi) is 4.17. The van der Waals surface area contributed by atoms with Gasteiger partial charge in [0.25, 0.3) is 0 Å². The van der Waals surface area contributed by atoms with Crippen LogP contribution < -0.4 is 5.32 Å². The second-order valence-corrected chi connectivity index (χ2v) is 4.21. The second kappa shape index (κ2) is 5.85. The van der Waals surface area contributed by atoms with Crippen molar-refractivity contribution in [3.63, 3.8) is 0 Å². The van der Waals surface area contributed by atoms with Gasteiger partial charge >= 0.3 is 0 Å². The van der Waals surface area contributed by atoms with Crippen molar-refractivity contribution in [3.8, 4) is 0 Å². The normalized spacial score (nSPS) is 16.6. The number of rotatable bonds is 5. The number of hydrogen-bond donors (Lipinski definition) is 1. The van der Waals surface area contributed by atoms with Crippen molar-refractivity contribution in [2.45, 2.75) is 31.8 Å². The van der Waals surface area contributed by atoms with Crippen LogP contribution in [0.25, 0.3) is 0 Å². The van der Waals surface area contributed by atoms with Gasteiger partial charge in [0.05, 0.1) is 12.7 Å². The summed E-state index contributed by atoms with van der Waals surface area (Å²) in [7, 11) is 0. The summed E-state index contributed by atoms with van der Waals surface area (Å²) < 4.78 is 18.3. The molecule has 3 heteroatoms. The number of halogens is 1. The summed E-state index contributed by atoms with van der Waals surface area (Å²) in [4.78, 5) is 0. The lowest BCUT2D eigenvalue weighted by Gasteiger charge is -2.11. The molecule has 2 rings (SSSR count). The van der Waals surface area contributed by atoms with Crippen molar-refractivity contribution in [2.24, 2.45) is 0 Å². The zero-order chi connectivity index (χ0) is 11.2. The van der Waals surface area contributed by atoms with Crippen LogP contribution in [0.15, 0.2) is 24.3 Å². The molecule has 0 radical (unpaired) electrons. The third kappa shape index (κ3) is 3.49. The number of anilines is 1. The Morgan fingerprint density at radius 3 is 2.56 bits per heavy atom. The van der Waals surface area contributed by atoms with Crippen molar-refractivity contribution in [1.82, 2.24) is 0 Å². The van der Waals surface area contributed by atoms with Crippen LogP contribution in [0.1, 0.15) is 25.7 Å². The molecule has 0 spiro atoms.